The lowest BCUT2D eigenvalue weighted by Crippen LogP contribution is -2.00. The van der Waals surface area contributed by atoms with Gasteiger partial charge in [0.05, 0.1) is 5.75 Å². The summed E-state index contributed by atoms with van der Waals surface area (Å²) in [5.41, 5.74) is 0.834. The summed E-state index contributed by atoms with van der Waals surface area (Å²) < 4.78 is 18.1. The highest BCUT2D eigenvalue weighted by Crippen LogP contribution is 2.22. The first kappa shape index (κ1) is 13.7. The van der Waals surface area contributed by atoms with Crippen molar-refractivity contribution in [3.8, 4) is 0 Å². The molecular weight excluding hydrogens is 340 g/mol. The van der Waals surface area contributed by atoms with Crippen molar-refractivity contribution in [1.29, 1.82) is 0 Å². The van der Waals surface area contributed by atoms with Crippen LogP contribution in [-0.4, -0.2) is 14.4 Å². The molecule has 2 rings (SSSR count). The molecule has 1 atom stereocenters. The maximum Gasteiger partial charge on any atom is 0.228 e. The third-order valence-corrected chi connectivity index (χ3v) is 4.24. The zero-order chi connectivity index (χ0) is 13.1. The molecule has 1 aromatic heterocycles. The van der Waals surface area contributed by atoms with Gasteiger partial charge in [-0.25, -0.2) is 0 Å². The molecule has 2 aromatic rings. The molecule has 1 unspecified atom stereocenters. The predicted molar refractivity (Wildman–Crippen MR) is 73.7 cm³/mol. The number of halogens is 2. The first-order chi connectivity index (χ1) is 8.54. The molecule has 0 aliphatic heterocycles. The van der Waals surface area contributed by atoms with Crippen LogP contribution in [0.15, 0.2) is 27.1 Å². The van der Waals surface area contributed by atoms with E-state index in [1.807, 2.05) is 12.1 Å². The molecule has 0 bridgehead atoms. The normalized spacial score (nSPS) is 12.6. The van der Waals surface area contributed by atoms with Crippen LogP contribution in [0, 0.1) is 6.92 Å². The standard InChI is InChI=1S/C11H10BrClN2O2S/c1-7-14-15-11(17-7)6-18(16)5-8-4-9(12)2-3-10(8)13/h2-4H,5-6H2,1H3. The Bertz CT molecular complexity index is 588. The fourth-order valence-corrected chi connectivity index (χ4v) is 3.16. The first-order valence-electron chi connectivity index (χ1n) is 5.12. The second kappa shape index (κ2) is 5.95. The molecule has 1 aromatic carbocycles. The van der Waals surface area contributed by atoms with Gasteiger partial charge in [0.2, 0.25) is 11.8 Å². The number of rotatable bonds is 4. The summed E-state index contributed by atoms with van der Waals surface area (Å²) in [5.74, 6) is 1.46. The van der Waals surface area contributed by atoms with Crippen molar-refractivity contribution < 1.29 is 8.63 Å². The quantitative estimate of drug-likeness (QED) is 0.850. The van der Waals surface area contributed by atoms with Gasteiger partial charge in [-0.1, -0.05) is 27.5 Å². The van der Waals surface area contributed by atoms with Gasteiger partial charge in [-0.15, -0.1) is 10.2 Å². The zero-order valence-electron chi connectivity index (χ0n) is 9.52. The van der Waals surface area contributed by atoms with Crippen LogP contribution in [0.5, 0.6) is 0 Å². The highest BCUT2D eigenvalue weighted by Gasteiger charge is 2.11. The molecule has 0 aliphatic rings. The van der Waals surface area contributed by atoms with Crippen LogP contribution in [0.4, 0.5) is 0 Å². The Balaban J connectivity index is 2.05. The molecule has 0 spiro atoms. The Hall–Kier alpha value is -0.720. The van der Waals surface area contributed by atoms with E-state index in [0.29, 0.717) is 22.6 Å². The Morgan fingerprint density at radius 1 is 1.39 bits per heavy atom. The molecule has 0 aliphatic carbocycles. The SMILES string of the molecule is Cc1nnc(CS(=O)Cc2cc(Br)ccc2Cl)o1. The summed E-state index contributed by atoms with van der Waals surface area (Å²) >= 11 is 9.40. The van der Waals surface area contributed by atoms with Crippen molar-refractivity contribution in [3.05, 3.63) is 45.0 Å². The van der Waals surface area contributed by atoms with E-state index in [9.17, 15) is 4.21 Å². The predicted octanol–water partition coefficient (Wildman–Crippen LogP) is 3.24. The number of benzene rings is 1. The number of aromatic nitrogens is 2. The second-order valence-electron chi connectivity index (χ2n) is 3.68. The lowest BCUT2D eigenvalue weighted by Gasteiger charge is -2.04. The molecular formula is C11H10BrClN2O2S. The summed E-state index contributed by atoms with van der Waals surface area (Å²) in [6.07, 6.45) is 0. The summed E-state index contributed by atoms with van der Waals surface area (Å²) in [5, 5.41) is 8.11. The molecule has 0 radical (unpaired) electrons. The van der Waals surface area contributed by atoms with Crippen molar-refractivity contribution in [2.75, 3.05) is 0 Å². The molecule has 0 saturated carbocycles. The summed E-state index contributed by atoms with van der Waals surface area (Å²) in [6.45, 7) is 1.70. The van der Waals surface area contributed by atoms with Crippen LogP contribution in [0.3, 0.4) is 0 Å². The molecule has 0 N–H and O–H groups in total. The van der Waals surface area contributed by atoms with Crippen molar-refractivity contribution in [1.82, 2.24) is 10.2 Å². The fraction of sp³-hybridized carbons (Fsp3) is 0.273. The second-order valence-corrected chi connectivity index (χ2v) is 6.46. The monoisotopic (exact) mass is 348 g/mol. The van der Waals surface area contributed by atoms with Gasteiger partial charge in [-0.2, -0.15) is 0 Å². The largest absolute Gasteiger partial charge is 0.425 e. The summed E-state index contributed by atoms with van der Waals surface area (Å²) in [4.78, 5) is 0. The Morgan fingerprint density at radius 3 is 2.83 bits per heavy atom. The van der Waals surface area contributed by atoms with Crippen molar-refractivity contribution >= 4 is 38.3 Å². The molecule has 96 valence electrons. The molecule has 4 nitrogen and oxygen atoms in total. The van der Waals surface area contributed by atoms with Gasteiger partial charge in [0.1, 0.15) is 5.75 Å². The summed E-state index contributed by atoms with van der Waals surface area (Å²) in [6, 6.07) is 5.48. The van der Waals surface area contributed by atoms with Crippen molar-refractivity contribution in [2.24, 2.45) is 0 Å². The highest BCUT2D eigenvalue weighted by molar-refractivity contribution is 9.10. The lowest BCUT2D eigenvalue weighted by atomic mass is 10.2. The third kappa shape index (κ3) is 3.63. The highest BCUT2D eigenvalue weighted by atomic mass is 79.9. The van der Waals surface area contributed by atoms with E-state index in [1.54, 1.807) is 13.0 Å². The molecule has 7 heteroatoms. The van der Waals surface area contributed by atoms with Gasteiger partial charge in [0.25, 0.3) is 0 Å². The zero-order valence-corrected chi connectivity index (χ0v) is 12.7. The van der Waals surface area contributed by atoms with E-state index in [4.69, 9.17) is 16.0 Å². The number of aryl methyl sites for hydroxylation is 1. The minimum Gasteiger partial charge on any atom is -0.425 e. The van der Waals surface area contributed by atoms with E-state index >= 15 is 0 Å². The van der Waals surface area contributed by atoms with Gasteiger partial charge in [0.15, 0.2) is 0 Å². The number of hydrogen-bond donors (Lipinski definition) is 0. The van der Waals surface area contributed by atoms with Crippen molar-refractivity contribution in [2.45, 2.75) is 18.4 Å². The van der Waals surface area contributed by atoms with Gasteiger partial charge < -0.3 is 4.42 Å². The van der Waals surface area contributed by atoms with E-state index in [2.05, 4.69) is 26.1 Å². The molecule has 0 amide bonds. The van der Waals surface area contributed by atoms with Gasteiger partial charge >= 0.3 is 0 Å². The van der Waals surface area contributed by atoms with Crippen molar-refractivity contribution in [3.63, 3.8) is 0 Å². The van der Waals surface area contributed by atoms with Crippen LogP contribution in [0.25, 0.3) is 0 Å². The fourth-order valence-electron chi connectivity index (χ4n) is 1.41. The maximum atomic E-state index is 12.0. The average molecular weight is 350 g/mol. The van der Waals surface area contributed by atoms with Crippen LogP contribution in [0.1, 0.15) is 17.3 Å². The van der Waals surface area contributed by atoms with Crippen LogP contribution in [0.2, 0.25) is 5.02 Å². The lowest BCUT2D eigenvalue weighted by molar-refractivity contribution is 0.483. The van der Waals surface area contributed by atoms with E-state index < -0.39 is 10.8 Å². The topological polar surface area (TPSA) is 56.0 Å². The third-order valence-electron chi connectivity index (χ3n) is 2.18. The Kier molecular flexibility index (Phi) is 4.53. The average Bonchev–Trinajstić information content (AvgIpc) is 2.69. The minimum atomic E-state index is -1.13. The van der Waals surface area contributed by atoms with Crippen LogP contribution >= 0.6 is 27.5 Å². The van der Waals surface area contributed by atoms with E-state index in [-0.39, 0.29) is 5.75 Å². The van der Waals surface area contributed by atoms with Gasteiger partial charge in [-0.3, -0.25) is 4.21 Å². The molecule has 1 heterocycles. The maximum absolute atomic E-state index is 12.0. The number of nitrogens with zero attached hydrogens (tertiary/aromatic N) is 2. The van der Waals surface area contributed by atoms with Crippen LogP contribution in [-0.2, 0) is 22.3 Å². The summed E-state index contributed by atoms with van der Waals surface area (Å²) in [7, 11) is -1.13. The first-order valence-corrected chi connectivity index (χ1v) is 7.78. The van der Waals surface area contributed by atoms with Gasteiger partial charge in [0, 0.05) is 27.2 Å². The molecule has 0 fully saturated rings. The van der Waals surface area contributed by atoms with E-state index in [1.165, 1.54) is 0 Å². The smallest absolute Gasteiger partial charge is 0.228 e. The Morgan fingerprint density at radius 2 is 2.17 bits per heavy atom. The van der Waals surface area contributed by atoms with Crippen LogP contribution < -0.4 is 0 Å². The minimum absolute atomic E-state index is 0.240. The number of hydrogen-bond acceptors (Lipinski definition) is 4. The molecule has 0 saturated heterocycles. The van der Waals surface area contributed by atoms with E-state index in [0.717, 1.165) is 10.0 Å². The molecule has 18 heavy (non-hydrogen) atoms. The van der Waals surface area contributed by atoms with Gasteiger partial charge in [-0.05, 0) is 23.8 Å². The Labute approximate surface area is 120 Å².